The molecule has 0 bridgehead atoms. The number of likely N-dealkylation sites (tertiary alicyclic amines) is 1. The van der Waals surface area contributed by atoms with Crippen molar-refractivity contribution in [3.8, 4) is 0 Å². The minimum atomic E-state index is -0.417. The first-order chi connectivity index (χ1) is 11.1. The molecular weight excluding hydrogens is 308 g/mol. The molecule has 1 aliphatic rings. The van der Waals surface area contributed by atoms with E-state index in [4.69, 9.17) is 0 Å². The molecule has 1 unspecified atom stereocenters. The molecule has 1 N–H and O–H groups in total. The van der Waals surface area contributed by atoms with Crippen LogP contribution in [0.1, 0.15) is 34.3 Å². The number of carbonyl (C=O) groups is 2. The van der Waals surface area contributed by atoms with Gasteiger partial charge in [0.15, 0.2) is 0 Å². The second-order valence-electron chi connectivity index (χ2n) is 5.88. The average Bonchev–Trinajstić information content (AvgIpc) is 2.98. The number of amides is 2. The van der Waals surface area contributed by atoms with Crippen molar-refractivity contribution < 1.29 is 9.59 Å². The number of rotatable bonds is 4. The number of hydrogen-bond acceptors (Lipinski definition) is 3. The number of hydrogen-bond donors (Lipinski definition) is 1. The molecule has 0 radical (unpaired) electrons. The van der Waals surface area contributed by atoms with Crippen LogP contribution < -0.4 is 5.32 Å². The third-order valence-corrected chi connectivity index (χ3v) is 5.01. The van der Waals surface area contributed by atoms with E-state index < -0.39 is 6.04 Å². The zero-order valence-corrected chi connectivity index (χ0v) is 13.9. The first-order valence-corrected chi connectivity index (χ1v) is 8.76. The molecular formula is C18H20N2O2S. The highest BCUT2D eigenvalue weighted by Crippen LogP contribution is 2.18. The van der Waals surface area contributed by atoms with E-state index in [0.717, 1.165) is 24.1 Å². The summed E-state index contributed by atoms with van der Waals surface area (Å²) in [5.41, 5.74) is 2.74. The fourth-order valence-electron chi connectivity index (χ4n) is 2.86. The van der Waals surface area contributed by atoms with Crippen molar-refractivity contribution in [2.75, 3.05) is 6.54 Å². The van der Waals surface area contributed by atoms with Gasteiger partial charge in [-0.25, -0.2) is 0 Å². The maximum absolute atomic E-state index is 12.6. The van der Waals surface area contributed by atoms with Gasteiger partial charge in [-0.2, -0.15) is 11.3 Å². The van der Waals surface area contributed by atoms with Crippen molar-refractivity contribution in [3.63, 3.8) is 0 Å². The SMILES string of the molecule is Cc1cscc1C(=O)NC1CCCN(Cc2ccccc2)C1=O. The smallest absolute Gasteiger partial charge is 0.253 e. The Balaban J connectivity index is 1.65. The number of benzene rings is 1. The van der Waals surface area contributed by atoms with Gasteiger partial charge >= 0.3 is 0 Å². The average molecular weight is 328 g/mol. The fraction of sp³-hybridized carbons (Fsp3) is 0.333. The number of aryl methyl sites for hydroxylation is 1. The van der Waals surface area contributed by atoms with Crippen LogP contribution in [0, 0.1) is 6.92 Å². The van der Waals surface area contributed by atoms with Gasteiger partial charge in [0, 0.05) is 18.5 Å². The monoisotopic (exact) mass is 328 g/mol. The van der Waals surface area contributed by atoms with Gasteiger partial charge in [-0.15, -0.1) is 0 Å². The summed E-state index contributed by atoms with van der Waals surface area (Å²) in [4.78, 5) is 26.8. The Labute approximate surface area is 140 Å². The first-order valence-electron chi connectivity index (χ1n) is 7.81. The normalized spacial score (nSPS) is 18.0. The van der Waals surface area contributed by atoms with E-state index in [1.165, 1.54) is 11.3 Å². The molecule has 0 saturated carbocycles. The van der Waals surface area contributed by atoms with E-state index in [-0.39, 0.29) is 11.8 Å². The number of nitrogens with one attached hydrogen (secondary N) is 1. The van der Waals surface area contributed by atoms with Crippen molar-refractivity contribution in [1.29, 1.82) is 0 Å². The van der Waals surface area contributed by atoms with Crippen LogP contribution in [0.25, 0.3) is 0 Å². The second kappa shape index (κ2) is 6.96. The van der Waals surface area contributed by atoms with Crippen LogP contribution in [0.4, 0.5) is 0 Å². The molecule has 5 heteroatoms. The molecule has 1 saturated heterocycles. The summed E-state index contributed by atoms with van der Waals surface area (Å²) >= 11 is 1.50. The quantitative estimate of drug-likeness (QED) is 0.938. The Hall–Kier alpha value is -2.14. The maximum atomic E-state index is 12.6. The summed E-state index contributed by atoms with van der Waals surface area (Å²) in [7, 11) is 0. The molecule has 1 aromatic heterocycles. The molecule has 0 spiro atoms. The summed E-state index contributed by atoms with van der Waals surface area (Å²) in [6, 6.07) is 9.53. The van der Waals surface area contributed by atoms with E-state index in [2.05, 4.69) is 5.32 Å². The molecule has 1 aromatic carbocycles. The van der Waals surface area contributed by atoms with Gasteiger partial charge in [0.05, 0.1) is 5.56 Å². The summed E-state index contributed by atoms with van der Waals surface area (Å²) in [5, 5.41) is 6.68. The maximum Gasteiger partial charge on any atom is 0.253 e. The molecule has 23 heavy (non-hydrogen) atoms. The highest BCUT2D eigenvalue weighted by molar-refractivity contribution is 7.08. The largest absolute Gasteiger partial charge is 0.340 e. The number of thiophene rings is 1. The third kappa shape index (κ3) is 3.62. The molecule has 3 rings (SSSR count). The van der Waals surface area contributed by atoms with Gasteiger partial charge in [-0.05, 0) is 36.3 Å². The molecule has 0 aliphatic carbocycles. The van der Waals surface area contributed by atoms with Gasteiger partial charge < -0.3 is 10.2 Å². The summed E-state index contributed by atoms with van der Waals surface area (Å²) in [6.07, 6.45) is 1.62. The van der Waals surface area contributed by atoms with Gasteiger partial charge in [0.2, 0.25) is 5.91 Å². The lowest BCUT2D eigenvalue weighted by molar-refractivity contribution is -0.136. The third-order valence-electron chi connectivity index (χ3n) is 4.15. The molecule has 120 valence electrons. The highest BCUT2D eigenvalue weighted by Gasteiger charge is 2.30. The number of piperidine rings is 1. The molecule has 1 aliphatic heterocycles. The zero-order valence-electron chi connectivity index (χ0n) is 13.1. The Morgan fingerprint density at radius 1 is 1.30 bits per heavy atom. The van der Waals surface area contributed by atoms with Crippen LogP contribution in [0.2, 0.25) is 0 Å². The van der Waals surface area contributed by atoms with Crippen LogP contribution in [-0.4, -0.2) is 29.3 Å². The summed E-state index contributed by atoms with van der Waals surface area (Å²) in [6.45, 7) is 3.26. The predicted molar refractivity (Wildman–Crippen MR) is 91.4 cm³/mol. The van der Waals surface area contributed by atoms with Crippen LogP contribution in [-0.2, 0) is 11.3 Å². The van der Waals surface area contributed by atoms with Gasteiger partial charge in [-0.1, -0.05) is 30.3 Å². The Kier molecular flexibility index (Phi) is 4.76. The van der Waals surface area contributed by atoms with E-state index >= 15 is 0 Å². The Morgan fingerprint density at radius 3 is 2.78 bits per heavy atom. The van der Waals surface area contributed by atoms with Crippen molar-refractivity contribution in [2.24, 2.45) is 0 Å². The standard InChI is InChI=1S/C18H20N2O2S/c1-13-11-23-12-15(13)17(21)19-16-8-5-9-20(18(16)22)10-14-6-3-2-4-7-14/h2-4,6-7,11-12,16H,5,8-10H2,1H3,(H,19,21). The van der Waals surface area contributed by atoms with E-state index in [0.29, 0.717) is 18.5 Å². The lowest BCUT2D eigenvalue weighted by Crippen LogP contribution is -2.51. The predicted octanol–water partition coefficient (Wildman–Crippen LogP) is 2.98. The fourth-order valence-corrected chi connectivity index (χ4v) is 3.69. The first kappa shape index (κ1) is 15.7. The number of carbonyl (C=O) groups excluding carboxylic acids is 2. The molecule has 2 heterocycles. The molecule has 1 fully saturated rings. The van der Waals surface area contributed by atoms with Gasteiger partial charge in [0.25, 0.3) is 5.91 Å². The Morgan fingerprint density at radius 2 is 2.09 bits per heavy atom. The zero-order chi connectivity index (χ0) is 16.2. The van der Waals surface area contributed by atoms with Crippen LogP contribution in [0.3, 0.4) is 0 Å². The van der Waals surface area contributed by atoms with Crippen molar-refractivity contribution in [1.82, 2.24) is 10.2 Å². The molecule has 2 amide bonds. The van der Waals surface area contributed by atoms with Gasteiger partial charge in [0.1, 0.15) is 6.04 Å². The van der Waals surface area contributed by atoms with E-state index in [9.17, 15) is 9.59 Å². The second-order valence-corrected chi connectivity index (χ2v) is 6.63. The highest BCUT2D eigenvalue weighted by atomic mass is 32.1. The van der Waals surface area contributed by atoms with Gasteiger partial charge in [-0.3, -0.25) is 9.59 Å². The molecule has 2 aromatic rings. The minimum absolute atomic E-state index is 0.0151. The number of nitrogens with zero attached hydrogens (tertiary/aromatic N) is 1. The van der Waals surface area contributed by atoms with Crippen LogP contribution >= 0.6 is 11.3 Å². The molecule has 1 atom stereocenters. The topological polar surface area (TPSA) is 49.4 Å². The van der Waals surface area contributed by atoms with Crippen molar-refractivity contribution in [2.45, 2.75) is 32.4 Å². The van der Waals surface area contributed by atoms with E-state index in [1.54, 1.807) is 0 Å². The van der Waals surface area contributed by atoms with Crippen LogP contribution in [0.5, 0.6) is 0 Å². The van der Waals surface area contributed by atoms with E-state index in [1.807, 2.05) is 52.9 Å². The molecule has 4 nitrogen and oxygen atoms in total. The Bertz CT molecular complexity index is 696. The van der Waals surface area contributed by atoms with Crippen LogP contribution in [0.15, 0.2) is 41.1 Å². The van der Waals surface area contributed by atoms with Crippen molar-refractivity contribution in [3.05, 3.63) is 57.8 Å². The lowest BCUT2D eigenvalue weighted by Gasteiger charge is -2.32. The minimum Gasteiger partial charge on any atom is -0.340 e. The summed E-state index contributed by atoms with van der Waals surface area (Å²) < 4.78 is 0. The lowest BCUT2D eigenvalue weighted by atomic mass is 10.0. The summed E-state index contributed by atoms with van der Waals surface area (Å²) in [5.74, 6) is -0.134. The van der Waals surface area contributed by atoms with Crippen molar-refractivity contribution >= 4 is 23.2 Å².